The second kappa shape index (κ2) is 9.48. The van der Waals surface area contributed by atoms with Gasteiger partial charge in [-0.1, -0.05) is 6.07 Å². The SMILES string of the molecule is CCOc1ccc(-c2csc(C)n2)cc1S(=O)(=O)N1CCN(c2cccc(OC)c2)CC1. The van der Waals surface area contributed by atoms with Gasteiger partial charge in [0.25, 0.3) is 0 Å². The summed E-state index contributed by atoms with van der Waals surface area (Å²) in [4.78, 5) is 6.87. The first kappa shape index (κ1) is 22.6. The van der Waals surface area contributed by atoms with Gasteiger partial charge in [0.05, 0.1) is 24.4 Å². The molecule has 4 rings (SSSR count). The van der Waals surface area contributed by atoms with Gasteiger partial charge in [0, 0.05) is 48.9 Å². The minimum absolute atomic E-state index is 0.192. The topological polar surface area (TPSA) is 72.0 Å². The zero-order valence-electron chi connectivity index (χ0n) is 18.4. The monoisotopic (exact) mass is 473 g/mol. The predicted octanol–water partition coefficient (Wildman–Crippen LogP) is 4.04. The van der Waals surface area contributed by atoms with E-state index in [0.29, 0.717) is 38.5 Å². The van der Waals surface area contributed by atoms with E-state index < -0.39 is 10.0 Å². The number of ether oxygens (including phenoxy) is 2. The Hall–Kier alpha value is -2.62. The minimum atomic E-state index is -3.72. The van der Waals surface area contributed by atoms with Crippen molar-refractivity contribution in [2.45, 2.75) is 18.7 Å². The second-order valence-electron chi connectivity index (χ2n) is 7.44. The highest BCUT2D eigenvalue weighted by Gasteiger charge is 2.31. The van der Waals surface area contributed by atoms with Gasteiger partial charge in [0.15, 0.2) is 0 Å². The van der Waals surface area contributed by atoms with Crippen LogP contribution >= 0.6 is 11.3 Å². The summed E-state index contributed by atoms with van der Waals surface area (Å²) in [5.41, 5.74) is 2.57. The van der Waals surface area contributed by atoms with Gasteiger partial charge >= 0.3 is 0 Å². The highest BCUT2D eigenvalue weighted by atomic mass is 32.2. The van der Waals surface area contributed by atoms with Crippen molar-refractivity contribution in [3.05, 3.63) is 52.9 Å². The lowest BCUT2D eigenvalue weighted by Crippen LogP contribution is -2.48. The van der Waals surface area contributed by atoms with E-state index in [-0.39, 0.29) is 4.90 Å². The molecule has 1 aliphatic heterocycles. The van der Waals surface area contributed by atoms with E-state index in [2.05, 4.69) is 9.88 Å². The third kappa shape index (κ3) is 4.60. The number of rotatable bonds is 7. The standard InChI is InChI=1S/C23H27N3O4S2/c1-4-30-22-9-8-18(21-16-31-17(2)24-21)14-23(22)32(27,28)26-12-10-25(11-13-26)19-6-5-7-20(15-19)29-3/h5-9,14-16H,4,10-13H2,1-3H3. The van der Waals surface area contributed by atoms with E-state index >= 15 is 0 Å². The molecule has 1 aromatic heterocycles. The van der Waals surface area contributed by atoms with Crippen LogP contribution in [0.1, 0.15) is 11.9 Å². The molecule has 2 aromatic carbocycles. The lowest BCUT2D eigenvalue weighted by atomic mass is 10.2. The van der Waals surface area contributed by atoms with Gasteiger partial charge in [-0.05, 0) is 44.2 Å². The number of hydrogen-bond acceptors (Lipinski definition) is 7. The summed E-state index contributed by atoms with van der Waals surface area (Å²) in [6.45, 7) is 6.16. The predicted molar refractivity (Wildman–Crippen MR) is 127 cm³/mol. The molecule has 0 saturated carbocycles. The molecule has 32 heavy (non-hydrogen) atoms. The molecule has 1 aliphatic rings. The maximum absolute atomic E-state index is 13.6. The number of hydrogen-bond donors (Lipinski definition) is 0. The molecular formula is C23H27N3O4S2. The van der Waals surface area contributed by atoms with Crippen molar-refractivity contribution in [1.82, 2.24) is 9.29 Å². The summed E-state index contributed by atoms with van der Waals surface area (Å²) < 4.78 is 39.7. The van der Waals surface area contributed by atoms with Crippen LogP contribution in [-0.4, -0.2) is 57.6 Å². The number of sulfonamides is 1. The van der Waals surface area contributed by atoms with Crippen molar-refractivity contribution in [2.75, 3.05) is 44.8 Å². The van der Waals surface area contributed by atoms with Gasteiger partial charge in [0.2, 0.25) is 10.0 Å². The first-order valence-corrected chi connectivity index (χ1v) is 12.8. The summed E-state index contributed by atoms with van der Waals surface area (Å²) in [7, 11) is -2.08. The van der Waals surface area contributed by atoms with Crippen LogP contribution in [0.15, 0.2) is 52.7 Å². The third-order valence-electron chi connectivity index (χ3n) is 5.43. The number of anilines is 1. The van der Waals surface area contributed by atoms with Crippen LogP contribution in [0.2, 0.25) is 0 Å². The van der Waals surface area contributed by atoms with Crippen LogP contribution in [0.4, 0.5) is 5.69 Å². The van der Waals surface area contributed by atoms with E-state index in [1.54, 1.807) is 19.2 Å². The molecule has 2 heterocycles. The number of aryl methyl sites for hydroxylation is 1. The van der Waals surface area contributed by atoms with Crippen LogP contribution in [0.3, 0.4) is 0 Å². The summed E-state index contributed by atoms with van der Waals surface area (Å²) >= 11 is 1.54. The van der Waals surface area contributed by atoms with Crippen molar-refractivity contribution in [3.63, 3.8) is 0 Å². The molecule has 1 saturated heterocycles. The molecule has 0 atom stereocenters. The molecule has 0 bridgehead atoms. The molecule has 0 unspecified atom stereocenters. The summed E-state index contributed by atoms with van der Waals surface area (Å²) in [5, 5.41) is 2.88. The summed E-state index contributed by atoms with van der Waals surface area (Å²) in [6, 6.07) is 13.1. The molecule has 0 spiro atoms. The van der Waals surface area contributed by atoms with Crippen molar-refractivity contribution >= 4 is 27.0 Å². The van der Waals surface area contributed by atoms with Crippen molar-refractivity contribution in [2.24, 2.45) is 0 Å². The first-order chi connectivity index (χ1) is 15.4. The largest absolute Gasteiger partial charge is 0.497 e. The number of benzene rings is 2. The Balaban J connectivity index is 1.59. The quantitative estimate of drug-likeness (QED) is 0.516. The van der Waals surface area contributed by atoms with Gasteiger partial charge in [-0.15, -0.1) is 11.3 Å². The van der Waals surface area contributed by atoms with Gasteiger partial charge in [0.1, 0.15) is 16.4 Å². The maximum Gasteiger partial charge on any atom is 0.246 e. The fourth-order valence-corrected chi connectivity index (χ4v) is 5.97. The fourth-order valence-electron chi connectivity index (χ4n) is 3.77. The van der Waals surface area contributed by atoms with Gasteiger partial charge in [-0.25, -0.2) is 13.4 Å². The Morgan fingerprint density at radius 2 is 1.88 bits per heavy atom. The zero-order chi connectivity index (χ0) is 22.7. The molecule has 1 fully saturated rings. The van der Waals surface area contributed by atoms with Crippen LogP contribution in [0.5, 0.6) is 11.5 Å². The molecule has 0 radical (unpaired) electrons. The minimum Gasteiger partial charge on any atom is -0.497 e. The Morgan fingerprint density at radius 3 is 2.53 bits per heavy atom. The van der Waals surface area contributed by atoms with Crippen molar-refractivity contribution < 1.29 is 17.9 Å². The first-order valence-electron chi connectivity index (χ1n) is 10.5. The maximum atomic E-state index is 13.6. The molecule has 0 amide bonds. The van der Waals surface area contributed by atoms with E-state index in [1.807, 2.05) is 49.6 Å². The van der Waals surface area contributed by atoms with E-state index in [1.165, 1.54) is 15.6 Å². The lowest BCUT2D eigenvalue weighted by Gasteiger charge is -2.35. The van der Waals surface area contributed by atoms with Crippen molar-refractivity contribution in [1.29, 1.82) is 0 Å². The number of aromatic nitrogens is 1. The number of piperazine rings is 1. The smallest absolute Gasteiger partial charge is 0.246 e. The Labute approximate surface area is 193 Å². The average Bonchev–Trinajstić information content (AvgIpc) is 3.26. The average molecular weight is 474 g/mol. The van der Waals surface area contributed by atoms with Crippen molar-refractivity contribution in [3.8, 4) is 22.8 Å². The Bertz CT molecular complexity index is 1190. The molecule has 3 aromatic rings. The highest BCUT2D eigenvalue weighted by Crippen LogP contribution is 2.33. The normalized spacial score (nSPS) is 15.0. The number of methoxy groups -OCH3 is 1. The summed E-state index contributed by atoms with van der Waals surface area (Å²) in [5.74, 6) is 1.16. The molecule has 9 heteroatoms. The van der Waals surface area contributed by atoms with E-state index in [9.17, 15) is 8.42 Å². The number of thiazole rings is 1. The lowest BCUT2D eigenvalue weighted by molar-refractivity contribution is 0.327. The highest BCUT2D eigenvalue weighted by molar-refractivity contribution is 7.89. The zero-order valence-corrected chi connectivity index (χ0v) is 20.1. The molecular weight excluding hydrogens is 446 g/mol. The molecule has 0 aliphatic carbocycles. The van der Waals surface area contributed by atoms with Gasteiger partial charge in [-0.3, -0.25) is 0 Å². The molecule has 7 nitrogen and oxygen atoms in total. The van der Waals surface area contributed by atoms with E-state index in [4.69, 9.17) is 9.47 Å². The Morgan fingerprint density at radius 1 is 1.09 bits per heavy atom. The van der Waals surface area contributed by atoms with Crippen LogP contribution in [0, 0.1) is 6.92 Å². The van der Waals surface area contributed by atoms with Crippen LogP contribution in [0.25, 0.3) is 11.3 Å². The van der Waals surface area contributed by atoms with Crippen LogP contribution < -0.4 is 14.4 Å². The molecule has 170 valence electrons. The Kier molecular flexibility index (Phi) is 6.68. The van der Waals surface area contributed by atoms with Gasteiger partial charge in [-0.2, -0.15) is 4.31 Å². The second-order valence-corrected chi connectivity index (χ2v) is 10.4. The number of nitrogens with zero attached hydrogens (tertiary/aromatic N) is 3. The summed E-state index contributed by atoms with van der Waals surface area (Å²) in [6.07, 6.45) is 0. The van der Waals surface area contributed by atoms with Crippen LogP contribution in [-0.2, 0) is 10.0 Å². The third-order valence-corrected chi connectivity index (χ3v) is 8.13. The fraction of sp³-hybridized carbons (Fsp3) is 0.348. The molecule has 0 N–H and O–H groups in total. The van der Waals surface area contributed by atoms with E-state index in [0.717, 1.165) is 27.7 Å². The van der Waals surface area contributed by atoms with Gasteiger partial charge < -0.3 is 14.4 Å².